The maximum atomic E-state index is 13.9. The molecule has 0 bridgehead atoms. The van der Waals surface area contributed by atoms with Crippen LogP contribution in [0.2, 0.25) is 10.0 Å². The molecule has 0 aliphatic carbocycles. The van der Waals surface area contributed by atoms with E-state index in [-0.39, 0.29) is 46.2 Å². The molecule has 1 aliphatic heterocycles. The number of fused-ring (bicyclic) bond motifs is 1. The van der Waals surface area contributed by atoms with E-state index in [0.29, 0.717) is 31.9 Å². The van der Waals surface area contributed by atoms with Gasteiger partial charge in [-0.3, -0.25) is 9.36 Å². The molecule has 0 radical (unpaired) electrons. The summed E-state index contributed by atoms with van der Waals surface area (Å²) in [6, 6.07) is 9.80. The Hall–Kier alpha value is -3.51. The highest BCUT2D eigenvalue weighted by Crippen LogP contribution is 2.37. The molecule has 1 aliphatic rings. The molecule has 1 atom stereocenters. The largest absolute Gasteiger partial charge is 0.491 e. The van der Waals surface area contributed by atoms with E-state index in [1.165, 1.54) is 15.9 Å². The SMILES string of the molecule is C#CCOc1c(Cl)cc(/C=c2/sc3n(c2=O)[C@H](c2ccccc2OC(C)C)C(C(=O)OCC)=C(C)N=3)cc1Cl. The Balaban J connectivity index is 1.93. The van der Waals surface area contributed by atoms with E-state index >= 15 is 0 Å². The van der Waals surface area contributed by atoms with Gasteiger partial charge in [0.1, 0.15) is 18.4 Å². The minimum absolute atomic E-state index is 0.0154. The second-order valence-corrected chi connectivity index (χ2v) is 10.6. The van der Waals surface area contributed by atoms with Gasteiger partial charge in [0.2, 0.25) is 0 Å². The Kier molecular flexibility index (Phi) is 8.86. The number of benzene rings is 2. The van der Waals surface area contributed by atoms with Gasteiger partial charge in [-0.1, -0.05) is 58.7 Å². The Bertz CT molecular complexity index is 1660. The molecule has 0 unspecified atom stereocenters. The van der Waals surface area contributed by atoms with Crippen LogP contribution in [-0.4, -0.2) is 29.9 Å². The summed E-state index contributed by atoms with van der Waals surface area (Å²) in [5.41, 5.74) is 1.64. The van der Waals surface area contributed by atoms with Gasteiger partial charge in [-0.05, 0) is 57.5 Å². The number of nitrogens with zero attached hydrogens (tertiary/aromatic N) is 2. The first kappa shape index (κ1) is 28.5. The lowest BCUT2D eigenvalue weighted by Crippen LogP contribution is -2.40. The zero-order valence-corrected chi connectivity index (χ0v) is 24.1. The van der Waals surface area contributed by atoms with Crippen molar-refractivity contribution >= 4 is 46.6 Å². The molecule has 1 aromatic heterocycles. The highest BCUT2D eigenvalue weighted by molar-refractivity contribution is 7.07. The number of hydrogen-bond donors (Lipinski definition) is 0. The molecule has 0 amide bonds. The maximum Gasteiger partial charge on any atom is 0.338 e. The van der Waals surface area contributed by atoms with Gasteiger partial charge >= 0.3 is 5.97 Å². The first-order valence-electron chi connectivity index (χ1n) is 12.2. The predicted molar refractivity (Wildman–Crippen MR) is 153 cm³/mol. The lowest BCUT2D eigenvalue weighted by Gasteiger charge is -2.26. The number of ether oxygens (including phenoxy) is 3. The molecule has 10 heteroatoms. The molecule has 7 nitrogen and oxygen atoms in total. The normalized spacial score (nSPS) is 15.0. The molecule has 0 saturated carbocycles. The number of rotatable bonds is 8. The quantitative estimate of drug-likeness (QED) is 0.278. The number of allylic oxidation sites excluding steroid dienone is 1. The van der Waals surface area contributed by atoms with Crippen molar-refractivity contribution in [1.29, 1.82) is 0 Å². The number of esters is 1. The topological polar surface area (TPSA) is 79.1 Å². The minimum Gasteiger partial charge on any atom is -0.491 e. The third-order valence-corrected chi connectivity index (χ3v) is 7.26. The van der Waals surface area contributed by atoms with Crippen molar-refractivity contribution < 1.29 is 19.0 Å². The van der Waals surface area contributed by atoms with Crippen LogP contribution in [0.1, 0.15) is 44.9 Å². The Morgan fingerprint density at radius 1 is 1.26 bits per heavy atom. The van der Waals surface area contributed by atoms with E-state index in [1.807, 2.05) is 38.1 Å². The van der Waals surface area contributed by atoms with Crippen LogP contribution in [-0.2, 0) is 9.53 Å². The molecule has 39 heavy (non-hydrogen) atoms. The summed E-state index contributed by atoms with van der Waals surface area (Å²) in [5, 5.41) is 0.518. The van der Waals surface area contributed by atoms with Crippen molar-refractivity contribution in [2.45, 2.75) is 39.8 Å². The van der Waals surface area contributed by atoms with E-state index in [9.17, 15) is 9.59 Å². The summed E-state index contributed by atoms with van der Waals surface area (Å²) in [7, 11) is 0. The average Bonchev–Trinajstić information content (AvgIpc) is 3.17. The Morgan fingerprint density at radius 2 is 1.95 bits per heavy atom. The molecule has 2 aromatic carbocycles. The molecule has 4 rings (SSSR count). The van der Waals surface area contributed by atoms with Crippen molar-refractivity contribution in [1.82, 2.24) is 4.57 Å². The highest BCUT2D eigenvalue weighted by atomic mass is 35.5. The van der Waals surface area contributed by atoms with Gasteiger partial charge in [-0.15, -0.1) is 6.42 Å². The molecular weight excluding hydrogens is 559 g/mol. The smallest absolute Gasteiger partial charge is 0.338 e. The fourth-order valence-electron chi connectivity index (χ4n) is 4.22. The van der Waals surface area contributed by atoms with E-state index in [2.05, 4.69) is 10.9 Å². The molecule has 0 saturated heterocycles. The molecule has 0 spiro atoms. The van der Waals surface area contributed by atoms with Crippen molar-refractivity contribution in [2.24, 2.45) is 4.99 Å². The van der Waals surface area contributed by atoms with E-state index in [0.717, 1.165) is 0 Å². The van der Waals surface area contributed by atoms with Gasteiger partial charge in [0.15, 0.2) is 10.6 Å². The molecule has 0 fully saturated rings. The van der Waals surface area contributed by atoms with Crippen molar-refractivity contribution in [3.05, 3.63) is 88.5 Å². The number of para-hydroxylation sites is 1. The molecule has 2 heterocycles. The Morgan fingerprint density at radius 3 is 2.59 bits per heavy atom. The van der Waals surface area contributed by atoms with E-state index in [1.54, 1.807) is 32.1 Å². The summed E-state index contributed by atoms with van der Waals surface area (Å²) in [5.74, 6) is 2.66. The molecule has 202 valence electrons. The molecule has 0 N–H and O–H groups in total. The Labute approximate surface area is 240 Å². The first-order chi connectivity index (χ1) is 18.7. The summed E-state index contributed by atoms with van der Waals surface area (Å²) >= 11 is 13.9. The lowest BCUT2D eigenvalue weighted by atomic mass is 9.95. The molecule has 3 aromatic rings. The summed E-state index contributed by atoms with van der Waals surface area (Å²) in [6.45, 7) is 7.48. The second kappa shape index (κ2) is 12.1. The van der Waals surface area contributed by atoms with Crippen molar-refractivity contribution in [2.75, 3.05) is 13.2 Å². The number of carbonyl (C=O) groups excluding carboxylic acids is 1. The van der Waals surface area contributed by atoms with Gasteiger partial charge < -0.3 is 14.2 Å². The minimum atomic E-state index is -0.802. The average molecular weight is 586 g/mol. The maximum absolute atomic E-state index is 13.9. The second-order valence-electron chi connectivity index (χ2n) is 8.81. The number of terminal acetylenes is 1. The number of halogens is 2. The summed E-state index contributed by atoms with van der Waals surface area (Å²) < 4.78 is 18.8. The third kappa shape index (κ3) is 5.91. The standard InChI is InChI=1S/C29H26Cl2N2O5S/c1-6-12-37-26-20(30)13-18(14-21(26)31)15-23-27(34)33-25(19-10-8-9-11-22(19)38-16(3)4)24(28(35)36-7-2)17(5)32-29(33)39-23/h1,8-11,13-16,25H,7,12H2,2-5H3/b23-15+/t25-/m1/s1. The number of carbonyl (C=O) groups is 1. The van der Waals surface area contributed by atoms with Crippen LogP contribution in [0.15, 0.2) is 57.5 Å². The first-order valence-corrected chi connectivity index (χ1v) is 13.7. The van der Waals surface area contributed by atoms with E-state index < -0.39 is 12.0 Å². The van der Waals surface area contributed by atoms with Crippen LogP contribution in [0.25, 0.3) is 6.08 Å². The summed E-state index contributed by atoms with van der Waals surface area (Å²) in [6.07, 6.45) is 6.81. The zero-order valence-electron chi connectivity index (χ0n) is 21.8. The van der Waals surface area contributed by atoms with Crippen molar-refractivity contribution in [3.8, 4) is 23.8 Å². The van der Waals surface area contributed by atoms with Gasteiger partial charge in [0, 0.05) is 5.56 Å². The van der Waals surface area contributed by atoms with Crippen LogP contribution in [0, 0.1) is 12.3 Å². The predicted octanol–water partition coefficient (Wildman–Crippen LogP) is 4.90. The van der Waals surface area contributed by atoms with Gasteiger partial charge in [-0.2, -0.15) is 0 Å². The van der Waals surface area contributed by atoms with Crippen LogP contribution >= 0.6 is 34.5 Å². The fraction of sp³-hybridized carbons (Fsp3) is 0.276. The monoisotopic (exact) mass is 584 g/mol. The van der Waals surface area contributed by atoms with Crippen LogP contribution < -0.4 is 24.4 Å². The van der Waals surface area contributed by atoms with E-state index in [4.69, 9.17) is 43.8 Å². The van der Waals surface area contributed by atoms with Crippen LogP contribution in [0.4, 0.5) is 0 Å². The van der Waals surface area contributed by atoms with Crippen molar-refractivity contribution in [3.63, 3.8) is 0 Å². The zero-order chi connectivity index (χ0) is 28.3. The number of aromatic nitrogens is 1. The fourth-order valence-corrected chi connectivity index (χ4v) is 5.88. The van der Waals surface area contributed by atoms with Crippen LogP contribution in [0.5, 0.6) is 11.5 Å². The lowest BCUT2D eigenvalue weighted by molar-refractivity contribution is -0.139. The third-order valence-electron chi connectivity index (χ3n) is 5.71. The van der Waals surface area contributed by atoms with Gasteiger partial charge in [-0.25, -0.2) is 9.79 Å². The number of thiazole rings is 1. The van der Waals surface area contributed by atoms with Gasteiger partial charge in [0.05, 0.1) is 38.6 Å². The van der Waals surface area contributed by atoms with Gasteiger partial charge in [0.25, 0.3) is 5.56 Å². The number of hydrogen-bond acceptors (Lipinski definition) is 7. The summed E-state index contributed by atoms with van der Waals surface area (Å²) in [4.78, 5) is 32.1. The molecular formula is C29H26Cl2N2O5S. The van der Waals surface area contributed by atoms with Crippen LogP contribution in [0.3, 0.4) is 0 Å². The highest BCUT2D eigenvalue weighted by Gasteiger charge is 2.35.